The molecule has 0 unspecified atom stereocenters. The van der Waals surface area contributed by atoms with E-state index in [2.05, 4.69) is 5.32 Å². The minimum Gasteiger partial charge on any atom is -0.465 e. The molecule has 218 valence electrons. The Balaban J connectivity index is 0.00000280. The minimum atomic E-state index is -4.22. The SMILES string of the molecule is CCOC(=O)CS(=O)(=O)N(Cc1ccc2ccc(C(=N)N)cc2c1)c1ccc(N2CCCNCC2)c(F)c1.Cl.Cl. The van der Waals surface area contributed by atoms with Crippen LogP contribution in [-0.4, -0.2) is 58.8 Å². The lowest BCUT2D eigenvalue weighted by Crippen LogP contribution is -2.36. The molecule has 4 rings (SSSR count). The van der Waals surface area contributed by atoms with Gasteiger partial charge in [0.2, 0.25) is 10.0 Å². The predicted molar refractivity (Wildman–Crippen MR) is 162 cm³/mol. The van der Waals surface area contributed by atoms with Gasteiger partial charge in [-0.15, -0.1) is 24.8 Å². The first-order valence-corrected chi connectivity index (χ1v) is 14.1. The monoisotopic (exact) mass is 613 g/mol. The molecule has 1 fully saturated rings. The number of esters is 1. The molecule has 40 heavy (non-hydrogen) atoms. The van der Waals surface area contributed by atoms with Crippen molar-refractivity contribution < 1.29 is 22.3 Å². The highest BCUT2D eigenvalue weighted by Gasteiger charge is 2.28. The average Bonchev–Trinajstić information content (AvgIpc) is 3.16. The van der Waals surface area contributed by atoms with Gasteiger partial charge >= 0.3 is 5.97 Å². The van der Waals surface area contributed by atoms with E-state index in [1.165, 1.54) is 6.07 Å². The molecule has 0 spiro atoms. The number of nitrogens with zero attached hydrogens (tertiary/aromatic N) is 2. The molecule has 3 aromatic rings. The zero-order valence-corrected chi connectivity index (χ0v) is 24.5. The lowest BCUT2D eigenvalue weighted by molar-refractivity contribution is -0.139. The van der Waals surface area contributed by atoms with Crippen LogP contribution in [0.2, 0.25) is 0 Å². The summed E-state index contributed by atoms with van der Waals surface area (Å²) >= 11 is 0. The number of nitrogen functional groups attached to an aromatic ring is 1. The number of amidine groups is 1. The van der Waals surface area contributed by atoms with E-state index in [-0.39, 0.29) is 49.5 Å². The fourth-order valence-corrected chi connectivity index (χ4v) is 5.82. The minimum absolute atomic E-state index is 0. The number of halogens is 3. The van der Waals surface area contributed by atoms with Gasteiger partial charge in [-0.3, -0.25) is 14.5 Å². The van der Waals surface area contributed by atoms with Gasteiger partial charge in [0.1, 0.15) is 11.7 Å². The van der Waals surface area contributed by atoms with Crippen molar-refractivity contribution in [3.63, 3.8) is 0 Å². The van der Waals surface area contributed by atoms with Crippen molar-refractivity contribution in [2.24, 2.45) is 5.73 Å². The maximum absolute atomic E-state index is 15.4. The van der Waals surface area contributed by atoms with Gasteiger partial charge in [-0.25, -0.2) is 12.8 Å². The van der Waals surface area contributed by atoms with E-state index in [0.29, 0.717) is 29.9 Å². The molecular weight excluding hydrogens is 580 g/mol. The smallest absolute Gasteiger partial charge is 0.323 e. The molecule has 1 aliphatic rings. The van der Waals surface area contributed by atoms with Gasteiger partial charge in [0.15, 0.2) is 5.75 Å². The normalized spacial score (nSPS) is 13.5. The molecule has 0 atom stereocenters. The maximum Gasteiger partial charge on any atom is 0.323 e. The molecule has 0 bridgehead atoms. The number of fused-ring (bicyclic) bond motifs is 1. The summed E-state index contributed by atoms with van der Waals surface area (Å²) in [6, 6.07) is 15.1. The van der Waals surface area contributed by atoms with E-state index in [9.17, 15) is 13.2 Å². The lowest BCUT2D eigenvalue weighted by atomic mass is 10.0. The summed E-state index contributed by atoms with van der Waals surface area (Å²) in [5.74, 6) is -2.36. The van der Waals surface area contributed by atoms with Gasteiger partial charge in [-0.2, -0.15) is 0 Å². The summed E-state index contributed by atoms with van der Waals surface area (Å²) in [7, 11) is -4.22. The summed E-state index contributed by atoms with van der Waals surface area (Å²) in [5.41, 5.74) is 7.31. The number of rotatable bonds is 9. The van der Waals surface area contributed by atoms with Crippen molar-refractivity contribution in [1.82, 2.24) is 5.32 Å². The van der Waals surface area contributed by atoms with Crippen LogP contribution in [-0.2, 0) is 26.1 Å². The maximum atomic E-state index is 15.4. The average molecular weight is 615 g/mol. The third-order valence-electron chi connectivity index (χ3n) is 6.38. The zero-order valence-electron chi connectivity index (χ0n) is 22.1. The summed E-state index contributed by atoms with van der Waals surface area (Å²) in [6.45, 7) is 4.43. The standard InChI is InChI=1S/C27H32FN5O4S.2ClH/c1-2-37-26(34)18-38(35,36)33(17-19-4-5-20-6-7-21(27(29)30)15-22(20)14-19)23-8-9-25(24(28)16-23)32-12-3-10-31-11-13-32;;/h4-9,14-16,31H,2-3,10-13,17-18H2,1H3,(H3,29,30);2*1H. The number of carbonyl (C=O) groups excluding carboxylic acids is 1. The Kier molecular flexibility index (Phi) is 12.0. The summed E-state index contributed by atoms with van der Waals surface area (Å²) in [6.07, 6.45) is 0.870. The Bertz CT molecular complexity index is 1450. The molecule has 0 aromatic heterocycles. The third kappa shape index (κ3) is 7.97. The quantitative estimate of drug-likeness (QED) is 0.190. The molecule has 0 aliphatic carbocycles. The van der Waals surface area contributed by atoms with Crippen molar-refractivity contribution in [2.75, 3.05) is 47.7 Å². The van der Waals surface area contributed by atoms with Crippen molar-refractivity contribution in [3.8, 4) is 0 Å². The van der Waals surface area contributed by atoms with E-state index in [1.807, 2.05) is 17.0 Å². The van der Waals surface area contributed by atoms with Crippen LogP contribution in [0.3, 0.4) is 0 Å². The van der Waals surface area contributed by atoms with Crippen LogP contribution < -0.4 is 20.3 Å². The number of ether oxygens (including phenoxy) is 1. The van der Waals surface area contributed by atoms with Crippen LogP contribution in [0.1, 0.15) is 24.5 Å². The molecule has 9 nitrogen and oxygen atoms in total. The Morgan fingerprint density at radius 3 is 2.52 bits per heavy atom. The van der Waals surface area contributed by atoms with Crippen molar-refractivity contribution >= 4 is 68.8 Å². The summed E-state index contributed by atoms with van der Waals surface area (Å²) in [4.78, 5) is 14.1. The molecule has 3 aromatic carbocycles. The van der Waals surface area contributed by atoms with Crippen LogP contribution in [0, 0.1) is 11.2 Å². The lowest BCUT2D eigenvalue weighted by Gasteiger charge is -2.27. The Hall–Kier alpha value is -3.12. The first-order chi connectivity index (χ1) is 18.2. The molecule has 4 N–H and O–H groups in total. The number of hydrogen-bond donors (Lipinski definition) is 3. The number of nitrogens with two attached hydrogens (primary N) is 1. The van der Waals surface area contributed by atoms with Crippen molar-refractivity contribution in [1.29, 1.82) is 5.41 Å². The first kappa shape index (κ1) is 33.1. The Morgan fingerprint density at radius 1 is 1.07 bits per heavy atom. The number of hydrogen-bond acceptors (Lipinski definition) is 7. The van der Waals surface area contributed by atoms with Crippen LogP contribution in [0.4, 0.5) is 15.8 Å². The molecule has 1 saturated heterocycles. The zero-order chi connectivity index (χ0) is 27.3. The number of anilines is 2. The van der Waals surface area contributed by atoms with E-state index < -0.39 is 27.6 Å². The van der Waals surface area contributed by atoms with Crippen LogP contribution in [0.25, 0.3) is 10.8 Å². The van der Waals surface area contributed by atoms with Crippen molar-refractivity contribution in [2.45, 2.75) is 19.9 Å². The predicted octanol–water partition coefficient (Wildman–Crippen LogP) is 3.81. The number of sulfonamides is 1. The van der Waals surface area contributed by atoms with Gasteiger partial charge in [-0.1, -0.05) is 24.3 Å². The largest absolute Gasteiger partial charge is 0.465 e. The topological polar surface area (TPSA) is 129 Å². The second-order valence-electron chi connectivity index (χ2n) is 9.10. The van der Waals surface area contributed by atoms with Crippen LogP contribution >= 0.6 is 24.8 Å². The number of nitrogens with one attached hydrogen (secondary N) is 2. The van der Waals surface area contributed by atoms with E-state index in [1.54, 1.807) is 43.3 Å². The number of carbonyl (C=O) groups is 1. The second kappa shape index (κ2) is 14.5. The van der Waals surface area contributed by atoms with Crippen molar-refractivity contribution in [3.05, 3.63) is 71.5 Å². The molecule has 0 radical (unpaired) electrons. The van der Waals surface area contributed by atoms with E-state index in [4.69, 9.17) is 15.9 Å². The summed E-state index contributed by atoms with van der Waals surface area (Å²) in [5, 5.41) is 12.6. The van der Waals surface area contributed by atoms with Gasteiger partial charge in [0.05, 0.1) is 24.5 Å². The Labute approximate surface area is 246 Å². The second-order valence-corrected chi connectivity index (χ2v) is 11.0. The van der Waals surface area contributed by atoms with E-state index in [0.717, 1.165) is 34.6 Å². The molecular formula is C27H34Cl2FN5O4S. The first-order valence-electron chi connectivity index (χ1n) is 12.5. The van der Waals surface area contributed by atoms with E-state index >= 15 is 4.39 Å². The molecule has 0 saturated carbocycles. The molecule has 1 aliphatic heterocycles. The van der Waals surface area contributed by atoms with Gasteiger partial charge in [-0.05, 0) is 60.5 Å². The molecule has 13 heteroatoms. The highest BCUT2D eigenvalue weighted by Crippen LogP contribution is 2.29. The summed E-state index contributed by atoms with van der Waals surface area (Å²) < 4.78 is 48.1. The molecule has 0 amide bonds. The van der Waals surface area contributed by atoms with Gasteiger partial charge < -0.3 is 20.7 Å². The third-order valence-corrected chi connectivity index (χ3v) is 8.00. The molecule has 1 heterocycles. The van der Waals surface area contributed by atoms with Gasteiger partial charge in [0.25, 0.3) is 0 Å². The van der Waals surface area contributed by atoms with Crippen LogP contribution in [0.15, 0.2) is 54.6 Å². The fraction of sp³-hybridized carbons (Fsp3) is 0.333. The van der Waals surface area contributed by atoms with Gasteiger partial charge in [0, 0.05) is 31.3 Å². The number of benzene rings is 3. The highest BCUT2D eigenvalue weighted by atomic mass is 35.5. The highest BCUT2D eigenvalue weighted by molar-refractivity contribution is 7.93. The fourth-order valence-electron chi connectivity index (χ4n) is 4.50. The Morgan fingerprint density at radius 2 is 1.82 bits per heavy atom. The van der Waals surface area contributed by atoms with Crippen LogP contribution in [0.5, 0.6) is 0 Å².